The highest BCUT2D eigenvalue weighted by molar-refractivity contribution is 6.06. The lowest BCUT2D eigenvalue weighted by molar-refractivity contribution is -0.143. The maximum atomic E-state index is 13.6. The smallest absolute Gasteiger partial charge is 0.350 e. The quantitative estimate of drug-likeness (QED) is 0.275. The second kappa shape index (κ2) is 9.13. The highest BCUT2D eigenvalue weighted by Gasteiger charge is 2.37. The summed E-state index contributed by atoms with van der Waals surface area (Å²) < 4.78 is 82.0. The van der Waals surface area contributed by atoms with Crippen LogP contribution >= 0.6 is 0 Å². The van der Waals surface area contributed by atoms with E-state index < -0.39 is 35.9 Å². The van der Waals surface area contributed by atoms with Crippen molar-refractivity contribution in [1.82, 2.24) is 9.47 Å². The molecule has 0 atom stereocenters. The molecule has 182 valence electrons. The third-order valence-corrected chi connectivity index (χ3v) is 5.65. The normalized spacial score (nSPS) is 12.2. The maximum absolute atomic E-state index is 13.6. The number of nitrogens with zero attached hydrogens (tertiary/aromatic N) is 2. The number of aryl methyl sites for hydroxylation is 1. The molecule has 0 aliphatic rings. The number of rotatable bonds is 5. The zero-order valence-corrected chi connectivity index (χ0v) is 18.5. The number of fused-ring (bicyclic) bond motifs is 1. The van der Waals surface area contributed by atoms with Crippen LogP contribution in [0.2, 0.25) is 0 Å². The molecule has 3 aromatic carbocycles. The molecule has 1 heterocycles. The van der Waals surface area contributed by atoms with Gasteiger partial charge >= 0.3 is 12.4 Å². The summed E-state index contributed by atoms with van der Waals surface area (Å²) >= 11 is 0. The van der Waals surface area contributed by atoms with E-state index in [1.165, 1.54) is 4.90 Å². The number of alkyl halides is 6. The third kappa shape index (κ3) is 5.34. The number of carbonyl (C=O) groups excluding carboxylic acids is 1. The monoisotopic (exact) mass is 490 g/mol. The highest BCUT2D eigenvalue weighted by atomic mass is 19.4. The van der Waals surface area contributed by atoms with Crippen LogP contribution in [-0.4, -0.2) is 15.4 Å². The van der Waals surface area contributed by atoms with Gasteiger partial charge in [-0.05, 0) is 35.4 Å². The van der Waals surface area contributed by atoms with Crippen molar-refractivity contribution >= 4 is 16.8 Å². The Labute approximate surface area is 197 Å². The second-order valence-electron chi connectivity index (χ2n) is 8.23. The number of hydrogen-bond acceptors (Lipinski definition) is 1. The minimum absolute atomic E-state index is 0.000487. The van der Waals surface area contributed by atoms with E-state index in [0.29, 0.717) is 28.6 Å². The number of halogens is 6. The van der Waals surface area contributed by atoms with Crippen molar-refractivity contribution in [3.8, 4) is 0 Å². The molecule has 1 aromatic heterocycles. The molecule has 9 heteroatoms. The molecule has 0 aliphatic heterocycles. The molecule has 0 fully saturated rings. The molecular weight excluding hydrogens is 470 g/mol. The number of hydrogen-bond donors (Lipinski definition) is 0. The Morgan fingerprint density at radius 2 is 1.31 bits per heavy atom. The second-order valence-corrected chi connectivity index (χ2v) is 8.23. The lowest BCUT2D eigenvalue weighted by atomic mass is 10.0. The van der Waals surface area contributed by atoms with Crippen molar-refractivity contribution in [3.05, 3.63) is 107 Å². The van der Waals surface area contributed by atoms with Crippen LogP contribution in [0.15, 0.2) is 79.0 Å². The first-order chi connectivity index (χ1) is 16.4. The molecule has 0 N–H and O–H groups in total. The maximum Gasteiger partial charge on any atom is 0.416 e. The zero-order chi connectivity index (χ0) is 25.4. The van der Waals surface area contributed by atoms with Gasteiger partial charge in [-0.3, -0.25) is 4.79 Å². The number of benzene rings is 3. The summed E-state index contributed by atoms with van der Waals surface area (Å²) in [4.78, 5) is 14.9. The van der Waals surface area contributed by atoms with Gasteiger partial charge in [-0.1, -0.05) is 48.5 Å². The van der Waals surface area contributed by atoms with Crippen molar-refractivity contribution in [2.24, 2.45) is 7.05 Å². The molecule has 1 amide bonds. The minimum atomic E-state index is -4.97. The predicted octanol–water partition coefficient (Wildman–Crippen LogP) is 7.06. The van der Waals surface area contributed by atoms with Crippen LogP contribution in [-0.2, 0) is 32.5 Å². The van der Waals surface area contributed by atoms with Gasteiger partial charge < -0.3 is 9.47 Å². The van der Waals surface area contributed by atoms with Crippen molar-refractivity contribution in [1.29, 1.82) is 0 Å². The first kappa shape index (κ1) is 24.4. The summed E-state index contributed by atoms with van der Waals surface area (Å²) in [6.07, 6.45) is -8.34. The van der Waals surface area contributed by atoms with Crippen molar-refractivity contribution in [2.75, 3.05) is 0 Å². The van der Waals surface area contributed by atoms with Gasteiger partial charge in [0.25, 0.3) is 5.91 Å². The molecule has 3 nitrogen and oxygen atoms in total. The van der Waals surface area contributed by atoms with Gasteiger partial charge in [-0.15, -0.1) is 0 Å². The fraction of sp³-hybridized carbons (Fsp3) is 0.192. The van der Waals surface area contributed by atoms with Gasteiger partial charge in [0.15, 0.2) is 0 Å². The van der Waals surface area contributed by atoms with Crippen LogP contribution in [0.3, 0.4) is 0 Å². The number of para-hydroxylation sites is 1. The van der Waals surface area contributed by atoms with Crippen molar-refractivity contribution < 1.29 is 31.1 Å². The van der Waals surface area contributed by atoms with Crippen LogP contribution < -0.4 is 0 Å². The molecule has 4 rings (SSSR count). The van der Waals surface area contributed by atoms with E-state index >= 15 is 0 Å². The topological polar surface area (TPSA) is 25.2 Å². The standard InChI is InChI=1S/C26H20F6N2O/c1-33-16-22(21-9-5-6-10-23(21)33)24(35)34(14-17-7-3-2-4-8-17)15-18-11-19(25(27,28)29)13-20(12-18)26(30,31)32/h2-13,16H,14-15H2,1H3. The van der Waals surface area contributed by atoms with Crippen molar-refractivity contribution in [2.45, 2.75) is 25.4 Å². The van der Waals surface area contributed by atoms with Gasteiger partial charge in [0.2, 0.25) is 0 Å². The molecule has 0 saturated carbocycles. The van der Waals surface area contributed by atoms with E-state index in [1.54, 1.807) is 66.3 Å². The largest absolute Gasteiger partial charge is 0.416 e. The Balaban J connectivity index is 1.79. The fourth-order valence-electron chi connectivity index (χ4n) is 4.02. The third-order valence-electron chi connectivity index (χ3n) is 5.65. The number of aromatic nitrogens is 1. The molecule has 0 bridgehead atoms. The average molecular weight is 490 g/mol. The summed E-state index contributed by atoms with van der Waals surface area (Å²) in [5.41, 5.74) is -1.34. The van der Waals surface area contributed by atoms with Gasteiger partial charge in [-0.2, -0.15) is 26.3 Å². The van der Waals surface area contributed by atoms with E-state index in [-0.39, 0.29) is 18.2 Å². The van der Waals surface area contributed by atoms with E-state index in [1.807, 2.05) is 6.07 Å². The lowest BCUT2D eigenvalue weighted by Gasteiger charge is -2.24. The molecular formula is C26H20F6N2O. The molecule has 35 heavy (non-hydrogen) atoms. The minimum Gasteiger partial charge on any atom is -0.350 e. The molecule has 0 unspecified atom stereocenters. The first-order valence-electron chi connectivity index (χ1n) is 10.6. The average Bonchev–Trinajstić information content (AvgIpc) is 3.14. The molecule has 0 aliphatic carbocycles. The highest BCUT2D eigenvalue weighted by Crippen LogP contribution is 2.37. The SMILES string of the molecule is Cn1cc(C(=O)N(Cc2ccccc2)Cc2cc(C(F)(F)F)cc(C(F)(F)F)c2)c2ccccc21. The van der Waals surface area contributed by atoms with E-state index in [9.17, 15) is 31.1 Å². The Morgan fingerprint density at radius 1 is 0.771 bits per heavy atom. The van der Waals surface area contributed by atoms with Crippen LogP contribution in [0, 0.1) is 0 Å². The van der Waals surface area contributed by atoms with Gasteiger partial charge in [0.05, 0.1) is 16.7 Å². The van der Waals surface area contributed by atoms with Crippen LogP contribution in [0.5, 0.6) is 0 Å². The number of amides is 1. The Hall–Kier alpha value is -3.75. The van der Waals surface area contributed by atoms with E-state index in [2.05, 4.69) is 0 Å². The van der Waals surface area contributed by atoms with Gasteiger partial charge in [0, 0.05) is 37.2 Å². The van der Waals surface area contributed by atoms with E-state index in [4.69, 9.17) is 0 Å². The fourth-order valence-corrected chi connectivity index (χ4v) is 4.02. The summed E-state index contributed by atoms with van der Waals surface area (Å²) in [5.74, 6) is -0.503. The first-order valence-corrected chi connectivity index (χ1v) is 10.6. The summed E-state index contributed by atoms with van der Waals surface area (Å²) in [6, 6.07) is 17.2. The summed E-state index contributed by atoms with van der Waals surface area (Å²) in [7, 11) is 1.75. The summed E-state index contributed by atoms with van der Waals surface area (Å²) in [6.45, 7) is -0.440. The number of carbonyl (C=O) groups is 1. The molecule has 4 aromatic rings. The van der Waals surface area contributed by atoms with Gasteiger partial charge in [-0.25, -0.2) is 0 Å². The van der Waals surface area contributed by atoms with Crippen LogP contribution in [0.1, 0.15) is 32.6 Å². The van der Waals surface area contributed by atoms with Crippen molar-refractivity contribution in [3.63, 3.8) is 0 Å². The van der Waals surface area contributed by atoms with Gasteiger partial charge in [0.1, 0.15) is 0 Å². The van der Waals surface area contributed by atoms with Crippen LogP contribution in [0.25, 0.3) is 10.9 Å². The Kier molecular flexibility index (Phi) is 6.36. The summed E-state index contributed by atoms with van der Waals surface area (Å²) in [5, 5.41) is 0.637. The molecule has 0 spiro atoms. The zero-order valence-electron chi connectivity index (χ0n) is 18.5. The molecule has 0 radical (unpaired) electrons. The van der Waals surface area contributed by atoms with Crippen LogP contribution in [0.4, 0.5) is 26.3 Å². The predicted molar refractivity (Wildman–Crippen MR) is 119 cm³/mol. The van der Waals surface area contributed by atoms with E-state index in [0.717, 1.165) is 5.52 Å². The molecule has 0 saturated heterocycles. The Morgan fingerprint density at radius 3 is 1.91 bits per heavy atom. The lowest BCUT2D eigenvalue weighted by Crippen LogP contribution is -2.30. The Bertz CT molecular complexity index is 1320.